The summed E-state index contributed by atoms with van der Waals surface area (Å²) in [6.07, 6.45) is 0. The summed E-state index contributed by atoms with van der Waals surface area (Å²) < 4.78 is 5.98. The average molecular weight is 319 g/mol. The molecule has 0 saturated carbocycles. The van der Waals surface area contributed by atoms with Crippen LogP contribution in [0.15, 0.2) is 33.9 Å². The fourth-order valence-electron chi connectivity index (χ4n) is 2.20. The molecule has 23 heavy (non-hydrogen) atoms. The Labute approximate surface area is 131 Å². The Morgan fingerprint density at radius 1 is 1.35 bits per heavy atom. The van der Waals surface area contributed by atoms with Crippen molar-refractivity contribution in [2.24, 2.45) is 0 Å². The van der Waals surface area contributed by atoms with Crippen LogP contribution >= 0.6 is 0 Å². The third kappa shape index (κ3) is 3.32. The molecule has 0 aliphatic carbocycles. The topological polar surface area (TPSA) is 105 Å². The Balaban J connectivity index is 2.77. The molecule has 8 nitrogen and oxygen atoms in total. The molecule has 2 aromatic rings. The fraction of sp³-hybridized carbons (Fsp3) is 0.267. The molecule has 122 valence electrons. The fourth-order valence-corrected chi connectivity index (χ4v) is 2.20. The highest BCUT2D eigenvalue weighted by Crippen LogP contribution is 2.14. The van der Waals surface area contributed by atoms with E-state index in [-0.39, 0.29) is 12.1 Å². The lowest BCUT2D eigenvalue weighted by atomic mass is 10.2. The number of carbonyl (C=O) groups is 1. The number of nitrogens with zero attached hydrogens (tertiary/aromatic N) is 2. The first kappa shape index (κ1) is 16.5. The van der Waals surface area contributed by atoms with E-state index < -0.39 is 22.9 Å². The lowest BCUT2D eigenvalue weighted by Crippen LogP contribution is -2.39. The number of hydrogen-bond acceptors (Lipinski definition) is 5. The molecule has 0 unspecified atom stereocenters. The van der Waals surface area contributed by atoms with Crippen molar-refractivity contribution < 1.29 is 14.6 Å². The van der Waals surface area contributed by atoms with E-state index >= 15 is 0 Å². The number of hydrogen-bond donors (Lipinski definition) is 2. The minimum absolute atomic E-state index is 0.00456. The lowest BCUT2D eigenvalue weighted by molar-refractivity contribution is 0.0687. The highest BCUT2D eigenvalue weighted by molar-refractivity contribution is 5.86. The summed E-state index contributed by atoms with van der Waals surface area (Å²) in [5.74, 6) is -0.876. The average Bonchev–Trinajstić information content (AvgIpc) is 2.49. The maximum Gasteiger partial charge on any atom is 0.352 e. The Hall–Kier alpha value is -2.87. The minimum Gasteiger partial charge on any atom is -0.497 e. The van der Waals surface area contributed by atoms with E-state index in [1.165, 1.54) is 13.2 Å². The highest BCUT2D eigenvalue weighted by atomic mass is 16.5. The quantitative estimate of drug-likeness (QED) is 0.821. The van der Waals surface area contributed by atoms with Crippen LogP contribution < -0.4 is 16.0 Å². The van der Waals surface area contributed by atoms with Gasteiger partial charge in [0, 0.05) is 12.6 Å². The number of ether oxygens (including phenoxy) is 1. The molecule has 1 aromatic heterocycles. The summed E-state index contributed by atoms with van der Waals surface area (Å²) in [4.78, 5) is 40.1. The van der Waals surface area contributed by atoms with Crippen LogP contribution in [0, 0.1) is 0 Å². The van der Waals surface area contributed by atoms with E-state index in [0.717, 1.165) is 4.57 Å². The summed E-state index contributed by atoms with van der Waals surface area (Å²) >= 11 is 0. The molecule has 0 spiro atoms. The maximum absolute atomic E-state index is 12.7. The van der Waals surface area contributed by atoms with Crippen molar-refractivity contribution >= 4 is 5.97 Å². The number of methoxy groups -OCH3 is 1. The Morgan fingerprint density at radius 3 is 2.61 bits per heavy atom. The second-order valence-electron chi connectivity index (χ2n) is 5.17. The van der Waals surface area contributed by atoms with Crippen molar-refractivity contribution in [1.29, 1.82) is 0 Å². The second-order valence-corrected chi connectivity index (χ2v) is 5.17. The van der Waals surface area contributed by atoms with E-state index in [9.17, 15) is 19.5 Å². The first-order valence-electron chi connectivity index (χ1n) is 6.75. The van der Waals surface area contributed by atoms with Crippen LogP contribution in [0.3, 0.4) is 0 Å². The van der Waals surface area contributed by atoms with Gasteiger partial charge in [0.25, 0.3) is 5.56 Å². The van der Waals surface area contributed by atoms with Crippen LogP contribution in [0.2, 0.25) is 0 Å². The molecular formula is C15H17N3O5. The third-order valence-corrected chi connectivity index (χ3v) is 3.20. The molecule has 2 N–H and O–H groups in total. The van der Waals surface area contributed by atoms with Gasteiger partial charge in [-0.3, -0.25) is 4.79 Å². The van der Waals surface area contributed by atoms with Gasteiger partial charge in [0.1, 0.15) is 11.4 Å². The van der Waals surface area contributed by atoms with Crippen LogP contribution in [0.25, 0.3) is 5.69 Å². The van der Waals surface area contributed by atoms with Gasteiger partial charge in [0.15, 0.2) is 0 Å². The van der Waals surface area contributed by atoms with Gasteiger partial charge in [-0.15, -0.1) is 0 Å². The SMILES string of the molecule is COc1cccc(-n2c(=O)[nH]c(C(=O)O)c(CN(C)C)c2=O)c1. The van der Waals surface area contributed by atoms with Crippen molar-refractivity contribution in [3.63, 3.8) is 0 Å². The van der Waals surface area contributed by atoms with Crippen molar-refractivity contribution in [3.8, 4) is 11.4 Å². The van der Waals surface area contributed by atoms with Gasteiger partial charge in [-0.2, -0.15) is 0 Å². The normalized spacial score (nSPS) is 10.8. The standard InChI is InChI=1S/C15H17N3O5/c1-17(2)8-11-12(14(20)21)16-15(22)18(13(11)19)9-5-4-6-10(7-9)23-3/h4-7H,8H2,1-3H3,(H,16,22)(H,20,21). The summed E-state index contributed by atoms with van der Waals surface area (Å²) in [7, 11) is 4.87. The number of nitrogens with one attached hydrogen (secondary N) is 1. The van der Waals surface area contributed by atoms with Gasteiger partial charge < -0.3 is 19.7 Å². The van der Waals surface area contributed by atoms with Crippen molar-refractivity contribution in [2.45, 2.75) is 6.54 Å². The molecule has 0 aliphatic heterocycles. The summed E-state index contributed by atoms with van der Waals surface area (Å²) in [5, 5.41) is 9.21. The zero-order valence-corrected chi connectivity index (χ0v) is 13.0. The summed E-state index contributed by atoms with van der Waals surface area (Å²) in [5.41, 5.74) is -1.58. The molecule has 0 bridgehead atoms. The molecule has 0 radical (unpaired) electrons. The van der Waals surface area contributed by atoms with Crippen LogP contribution in [-0.4, -0.2) is 46.7 Å². The summed E-state index contributed by atoms with van der Waals surface area (Å²) in [6, 6.07) is 6.40. The Bertz CT molecular complexity index is 851. The third-order valence-electron chi connectivity index (χ3n) is 3.20. The number of carboxylic acid groups (broad SMARTS) is 1. The Kier molecular flexibility index (Phi) is 4.65. The first-order valence-corrected chi connectivity index (χ1v) is 6.75. The zero-order chi connectivity index (χ0) is 17.1. The van der Waals surface area contributed by atoms with E-state index in [2.05, 4.69) is 4.98 Å². The smallest absolute Gasteiger partial charge is 0.352 e. The minimum atomic E-state index is -1.35. The molecule has 0 saturated heterocycles. The molecule has 1 aromatic carbocycles. The number of aromatic amines is 1. The number of H-pyrrole nitrogens is 1. The number of aromatic nitrogens is 2. The molecule has 0 fully saturated rings. The summed E-state index contributed by atoms with van der Waals surface area (Å²) in [6.45, 7) is 0.0845. The predicted octanol–water partition coefficient (Wildman–Crippen LogP) is 0.294. The molecule has 2 rings (SSSR count). The van der Waals surface area contributed by atoms with E-state index in [1.807, 2.05) is 0 Å². The van der Waals surface area contributed by atoms with Crippen molar-refractivity contribution in [1.82, 2.24) is 14.5 Å². The molecular weight excluding hydrogens is 302 g/mol. The molecule has 1 heterocycles. The number of benzene rings is 1. The van der Waals surface area contributed by atoms with Crippen LogP contribution in [-0.2, 0) is 6.54 Å². The van der Waals surface area contributed by atoms with Gasteiger partial charge >= 0.3 is 11.7 Å². The molecule has 0 aliphatic rings. The van der Waals surface area contributed by atoms with Gasteiger partial charge in [-0.25, -0.2) is 14.2 Å². The van der Waals surface area contributed by atoms with Gasteiger partial charge in [0.05, 0.1) is 18.4 Å². The van der Waals surface area contributed by atoms with E-state index in [0.29, 0.717) is 11.4 Å². The number of carboxylic acids is 1. The second kappa shape index (κ2) is 6.49. The molecule has 8 heteroatoms. The number of aromatic carboxylic acids is 1. The van der Waals surface area contributed by atoms with Crippen molar-refractivity contribution in [3.05, 3.63) is 56.4 Å². The Morgan fingerprint density at radius 2 is 2.04 bits per heavy atom. The van der Waals surface area contributed by atoms with Gasteiger partial charge in [-0.05, 0) is 26.2 Å². The zero-order valence-electron chi connectivity index (χ0n) is 13.0. The largest absolute Gasteiger partial charge is 0.497 e. The van der Waals surface area contributed by atoms with Crippen LogP contribution in [0.5, 0.6) is 5.75 Å². The predicted molar refractivity (Wildman–Crippen MR) is 83.6 cm³/mol. The lowest BCUT2D eigenvalue weighted by Gasteiger charge is -2.14. The number of rotatable bonds is 5. The van der Waals surface area contributed by atoms with E-state index in [1.54, 1.807) is 37.2 Å². The molecule has 0 atom stereocenters. The first-order chi connectivity index (χ1) is 10.8. The van der Waals surface area contributed by atoms with Crippen molar-refractivity contribution in [2.75, 3.05) is 21.2 Å². The van der Waals surface area contributed by atoms with Gasteiger partial charge in [-0.1, -0.05) is 6.07 Å². The highest BCUT2D eigenvalue weighted by Gasteiger charge is 2.20. The van der Waals surface area contributed by atoms with Crippen LogP contribution in [0.1, 0.15) is 16.1 Å². The molecule has 0 amide bonds. The maximum atomic E-state index is 12.7. The van der Waals surface area contributed by atoms with Crippen LogP contribution in [0.4, 0.5) is 0 Å². The van der Waals surface area contributed by atoms with Gasteiger partial charge in [0.2, 0.25) is 0 Å². The monoisotopic (exact) mass is 319 g/mol. The van der Waals surface area contributed by atoms with E-state index in [4.69, 9.17) is 4.74 Å².